The number of hydrogen-bond donors (Lipinski definition) is 4. The number of rotatable bonds is 31. The Balaban J connectivity index is 1.02. The third-order valence-electron chi connectivity index (χ3n) is 8.87. The zero-order valence-corrected chi connectivity index (χ0v) is 37.5. The van der Waals surface area contributed by atoms with Gasteiger partial charge in [-0.15, -0.1) is 10.2 Å². The molecule has 346 valence electrons. The second-order valence-electron chi connectivity index (χ2n) is 15.0. The van der Waals surface area contributed by atoms with Crippen molar-refractivity contribution in [1.29, 1.82) is 0 Å². The van der Waals surface area contributed by atoms with E-state index in [0.717, 1.165) is 47.3 Å². The number of alkyl carbamates (subject to hydrolysis) is 1. The lowest BCUT2D eigenvalue weighted by molar-refractivity contribution is -0.131. The maximum absolute atomic E-state index is 12.7. The molecule has 2 aromatic carbocycles. The number of ether oxygens (including phenoxy) is 7. The predicted octanol–water partition coefficient (Wildman–Crippen LogP) is 4.13. The van der Waals surface area contributed by atoms with Crippen LogP contribution in [0.15, 0.2) is 48.5 Å². The zero-order valence-electron chi connectivity index (χ0n) is 36.8. The zero-order chi connectivity index (χ0) is 45.1. The van der Waals surface area contributed by atoms with Crippen molar-refractivity contribution in [2.75, 3.05) is 92.4 Å². The van der Waals surface area contributed by atoms with Gasteiger partial charge in [-0.05, 0) is 49.1 Å². The number of H-pyrrole nitrogens is 1. The molecule has 2 heterocycles. The van der Waals surface area contributed by atoms with Crippen molar-refractivity contribution in [3.8, 4) is 22.5 Å². The van der Waals surface area contributed by atoms with E-state index in [1.165, 1.54) is 0 Å². The quantitative estimate of drug-likeness (QED) is 0.0522. The number of hydrogen-bond acceptors (Lipinski definition) is 14. The highest BCUT2D eigenvalue weighted by Gasteiger charge is 2.18. The number of tetrazole rings is 1. The smallest absolute Gasteiger partial charge is 0.407 e. The second kappa shape index (κ2) is 28.6. The Hall–Kier alpha value is -5.02. The molecular formula is C43H62ClN9O10. The van der Waals surface area contributed by atoms with Crippen LogP contribution in [-0.4, -0.2) is 146 Å². The minimum Gasteiger partial charge on any atom is -0.444 e. The first-order chi connectivity index (χ1) is 30.5. The van der Waals surface area contributed by atoms with Gasteiger partial charge in [0.1, 0.15) is 24.6 Å². The number of aryl methyl sites for hydroxylation is 1. The summed E-state index contributed by atoms with van der Waals surface area (Å²) >= 11 is 6.63. The van der Waals surface area contributed by atoms with E-state index in [0.29, 0.717) is 95.8 Å². The molecule has 0 spiro atoms. The topological polar surface area (TPSA) is 224 Å². The second-order valence-corrected chi connectivity index (χ2v) is 15.4. The number of unbranched alkanes of at least 4 members (excludes halogenated alkanes) is 1. The van der Waals surface area contributed by atoms with Gasteiger partial charge in [0.25, 0.3) is 0 Å². The Bertz CT molecular complexity index is 1920. The molecule has 63 heavy (non-hydrogen) atoms. The molecule has 0 unspecified atom stereocenters. The molecule has 3 amide bonds. The van der Waals surface area contributed by atoms with E-state index >= 15 is 0 Å². The number of nitrogens with zero attached hydrogens (tertiary/aromatic N) is 5. The van der Waals surface area contributed by atoms with Crippen LogP contribution in [0, 0.1) is 0 Å². The van der Waals surface area contributed by atoms with Crippen molar-refractivity contribution < 1.29 is 47.5 Å². The average Bonchev–Trinajstić information content (AvgIpc) is 3.90. The Morgan fingerprint density at radius 2 is 1.30 bits per heavy atom. The SMILES string of the molecule is CCCCc1nc(Cl)c(CNC(=O)COCC(=O)NCCOCCOCCOCCOCCOCCNC(=O)OC(C)(C)C)n1Cc1ccc(-c2ccccc2-c2nn[nH]n2)cc1. The molecule has 0 saturated heterocycles. The lowest BCUT2D eigenvalue weighted by Crippen LogP contribution is -2.34. The molecular weight excluding hydrogens is 838 g/mol. The first-order valence-corrected chi connectivity index (χ1v) is 21.5. The molecule has 19 nitrogen and oxygen atoms in total. The van der Waals surface area contributed by atoms with Gasteiger partial charge in [-0.25, -0.2) is 9.78 Å². The summed E-state index contributed by atoms with van der Waals surface area (Å²) in [6, 6.07) is 16.1. The molecule has 4 aromatic rings. The van der Waals surface area contributed by atoms with Crippen LogP contribution >= 0.6 is 11.6 Å². The van der Waals surface area contributed by atoms with Crippen molar-refractivity contribution in [1.82, 2.24) is 46.1 Å². The molecule has 0 aliphatic rings. The van der Waals surface area contributed by atoms with Crippen molar-refractivity contribution in [3.63, 3.8) is 0 Å². The largest absolute Gasteiger partial charge is 0.444 e. The number of amides is 3. The minimum atomic E-state index is -0.534. The molecule has 4 rings (SSSR count). The highest BCUT2D eigenvalue weighted by molar-refractivity contribution is 6.30. The standard InChI is InChI=1S/C43H62ClN9O10/c1-5-6-11-37-48-40(44)36(53(37)29-32-12-14-33(15-13-32)34-9-7-8-10-35(34)41-49-51-52-50-41)28-47-39(55)31-62-30-38(54)45-16-18-57-20-22-59-24-26-61-27-25-60-23-21-58-19-17-46-42(56)63-43(2,3)4/h7-10,12-15H,5-6,11,16-31H2,1-4H3,(H,45,54)(H,46,56)(H,47,55)(H,49,50,51,52). The van der Waals surface area contributed by atoms with Crippen molar-refractivity contribution in [2.24, 2.45) is 0 Å². The Morgan fingerprint density at radius 3 is 1.87 bits per heavy atom. The van der Waals surface area contributed by atoms with Crippen LogP contribution in [0.3, 0.4) is 0 Å². The Morgan fingerprint density at radius 1 is 0.730 bits per heavy atom. The van der Waals surface area contributed by atoms with Gasteiger partial charge in [-0.1, -0.05) is 73.5 Å². The van der Waals surface area contributed by atoms with Gasteiger partial charge in [0, 0.05) is 31.6 Å². The first-order valence-electron chi connectivity index (χ1n) is 21.2. The molecule has 20 heteroatoms. The van der Waals surface area contributed by atoms with Crippen LogP contribution < -0.4 is 16.0 Å². The number of halogens is 1. The fourth-order valence-corrected chi connectivity index (χ4v) is 6.14. The van der Waals surface area contributed by atoms with Crippen LogP contribution in [0.5, 0.6) is 0 Å². The number of imidazole rings is 1. The van der Waals surface area contributed by atoms with Gasteiger partial charge >= 0.3 is 6.09 Å². The van der Waals surface area contributed by atoms with E-state index in [1.54, 1.807) is 20.8 Å². The average molecular weight is 900 g/mol. The summed E-state index contributed by atoms with van der Waals surface area (Å²) in [4.78, 5) is 41.1. The van der Waals surface area contributed by atoms with Gasteiger partial charge in [-0.3, -0.25) is 9.59 Å². The summed E-state index contributed by atoms with van der Waals surface area (Å²) in [6.07, 6.45) is 2.20. The third kappa shape index (κ3) is 19.9. The molecule has 0 aliphatic carbocycles. The normalized spacial score (nSPS) is 11.4. The number of aromatic amines is 1. The summed E-state index contributed by atoms with van der Waals surface area (Å²) in [5, 5.41) is 23.0. The van der Waals surface area contributed by atoms with E-state index in [9.17, 15) is 14.4 Å². The molecule has 0 radical (unpaired) electrons. The van der Waals surface area contributed by atoms with Crippen molar-refractivity contribution in [3.05, 3.63) is 70.8 Å². The van der Waals surface area contributed by atoms with Gasteiger partial charge in [0.05, 0.1) is 78.3 Å². The first kappa shape index (κ1) is 50.6. The molecule has 0 aliphatic heterocycles. The van der Waals surface area contributed by atoms with E-state index in [1.807, 2.05) is 24.3 Å². The Labute approximate surface area is 373 Å². The molecule has 0 atom stereocenters. The lowest BCUT2D eigenvalue weighted by Gasteiger charge is -2.19. The van der Waals surface area contributed by atoms with Crippen LogP contribution in [0.2, 0.25) is 5.15 Å². The van der Waals surface area contributed by atoms with Crippen molar-refractivity contribution >= 4 is 29.5 Å². The van der Waals surface area contributed by atoms with Gasteiger partial charge < -0.3 is 53.7 Å². The summed E-state index contributed by atoms with van der Waals surface area (Å²) < 4.78 is 39.8. The summed E-state index contributed by atoms with van der Waals surface area (Å²) in [7, 11) is 0. The molecule has 0 fully saturated rings. The van der Waals surface area contributed by atoms with Crippen molar-refractivity contribution in [2.45, 2.75) is 65.6 Å². The molecule has 4 N–H and O–H groups in total. The maximum atomic E-state index is 12.7. The van der Waals surface area contributed by atoms with Crippen LogP contribution in [0.1, 0.15) is 57.6 Å². The van der Waals surface area contributed by atoms with Gasteiger partial charge in [-0.2, -0.15) is 5.21 Å². The lowest BCUT2D eigenvalue weighted by atomic mass is 9.98. The van der Waals surface area contributed by atoms with Crippen LogP contribution in [0.4, 0.5) is 4.79 Å². The predicted molar refractivity (Wildman–Crippen MR) is 234 cm³/mol. The number of carbonyl (C=O) groups excluding carboxylic acids is 3. The maximum Gasteiger partial charge on any atom is 0.407 e. The minimum absolute atomic E-state index is 0.142. The highest BCUT2D eigenvalue weighted by atomic mass is 35.5. The summed E-state index contributed by atoms with van der Waals surface area (Å²) in [5.41, 5.74) is 4.05. The summed E-state index contributed by atoms with van der Waals surface area (Å²) in [6.45, 7) is 12.1. The monoisotopic (exact) mass is 899 g/mol. The summed E-state index contributed by atoms with van der Waals surface area (Å²) in [5.74, 6) is 0.606. The molecule has 0 bridgehead atoms. The van der Waals surface area contributed by atoms with E-state index in [-0.39, 0.29) is 32.2 Å². The van der Waals surface area contributed by atoms with E-state index < -0.39 is 17.6 Å². The number of benzene rings is 2. The van der Waals surface area contributed by atoms with Gasteiger partial charge in [0.15, 0.2) is 5.15 Å². The molecule has 2 aromatic heterocycles. The number of aromatic nitrogens is 6. The number of nitrogens with one attached hydrogen (secondary N) is 4. The number of carbonyl (C=O) groups is 3. The highest BCUT2D eigenvalue weighted by Crippen LogP contribution is 2.30. The molecule has 0 saturated carbocycles. The van der Waals surface area contributed by atoms with Crippen LogP contribution in [-0.2, 0) is 62.3 Å². The fraction of sp³-hybridized carbons (Fsp3) is 0.558. The van der Waals surface area contributed by atoms with E-state index in [2.05, 4.69) is 77.3 Å². The van der Waals surface area contributed by atoms with Crippen LogP contribution in [0.25, 0.3) is 22.5 Å². The van der Waals surface area contributed by atoms with E-state index in [4.69, 9.17) is 44.8 Å². The van der Waals surface area contributed by atoms with Gasteiger partial charge in [0.2, 0.25) is 17.6 Å². The third-order valence-corrected chi connectivity index (χ3v) is 9.17. The Kier molecular flexibility index (Phi) is 23.0. The fourth-order valence-electron chi connectivity index (χ4n) is 5.87.